The first-order valence-electron chi connectivity index (χ1n) is 5.95. The number of pyridine rings is 1. The van der Waals surface area contributed by atoms with Gasteiger partial charge in [0.25, 0.3) is 5.91 Å². The van der Waals surface area contributed by atoms with E-state index in [-0.39, 0.29) is 18.2 Å². The summed E-state index contributed by atoms with van der Waals surface area (Å²) in [7, 11) is 3.45. The van der Waals surface area contributed by atoms with Crippen molar-refractivity contribution in [1.82, 2.24) is 15.2 Å². The third-order valence-corrected chi connectivity index (χ3v) is 2.80. The van der Waals surface area contributed by atoms with Gasteiger partial charge in [-0.2, -0.15) is 0 Å². The molecular weight excluding hydrogens is 230 g/mol. The van der Waals surface area contributed by atoms with Crippen LogP contribution in [0.1, 0.15) is 24.9 Å². The maximum Gasteiger partial charge on any atom is 0.289 e. The van der Waals surface area contributed by atoms with Gasteiger partial charge in [-0.05, 0) is 18.7 Å². The molecule has 1 rings (SSSR count). The monoisotopic (exact) mass is 249 g/mol. The number of likely N-dealkylation sites (N-methyl/N-ethyl adjacent to an activating group) is 2. The smallest absolute Gasteiger partial charge is 0.289 e. The average molecular weight is 249 g/mol. The first-order chi connectivity index (χ1) is 8.60. The fourth-order valence-electron chi connectivity index (χ4n) is 1.67. The van der Waals surface area contributed by atoms with Gasteiger partial charge in [-0.3, -0.25) is 14.6 Å². The number of ketones is 1. The zero-order valence-corrected chi connectivity index (χ0v) is 11.0. The predicted octanol–water partition coefficient (Wildman–Crippen LogP) is 0.780. The number of nitrogens with one attached hydrogen (secondary N) is 1. The van der Waals surface area contributed by atoms with Crippen LogP contribution >= 0.6 is 0 Å². The Hall–Kier alpha value is -1.75. The summed E-state index contributed by atoms with van der Waals surface area (Å²) in [5.74, 6) is -0.805. The van der Waals surface area contributed by atoms with Gasteiger partial charge >= 0.3 is 0 Å². The van der Waals surface area contributed by atoms with Gasteiger partial charge in [0.15, 0.2) is 0 Å². The molecule has 1 atom stereocenters. The minimum Gasteiger partial charge on any atom is -0.337 e. The standard InChI is InChI=1S/C13H19N3O2/c1-4-12(17)13(18)16(3)9-11(14-2)10-6-5-7-15-8-10/h5-8,11,14H,4,9H2,1-3H3. The molecule has 1 amide bonds. The molecule has 0 aliphatic carbocycles. The number of hydrogen-bond acceptors (Lipinski definition) is 4. The van der Waals surface area contributed by atoms with Crippen LogP contribution in [0, 0.1) is 0 Å². The summed E-state index contributed by atoms with van der Waals surface area (Å²) in [6.07, 6.45) is 3.69. The maximum atomic E-state index is 11.7. The van der Waals surface area contributed by atoms with Gasteiger partial charge in [0.2, 0.25) is 5.78 Å². The van der Waals surface area contributed by atoms with Gasteiger partial charge in [0.05, 0.1) is 6.04 Å². The third-order valence-electron chi connectivity index (χ3n) is 2.80. The fourth-order valence-corrected chi connectivity index (χ4v) is 1.67. The molecule has 1 unspecified atom stereocenters. The van der Waals surface area contributed by atoms with Crippen molar-refractivity contribution >= 4 is 11.7 Å². The summed E-state index contributed by atoms with van der Waals surface area (Å²) in [6.45, 7) is 2.12. The molecular formula is C13H19N3O2. The molecule has 0 fully saturated rings. The van der Waals surface area contributed by atoms with E-state index in [4.69, 9.17) is 0 Å². The van der Waals surface area contributed by atoms with E-state index in [9.17, 15) is 9.59 Å². The van der Waals surface area contributed by atoms with Gasteiger partial charge in [-0.25, -0.2) is 0 Å². The SMILES string of the molecule is CCC(=O)C(=O)N(C)CC(NC)c1cccnc1. The molecule has 0 aliphatic heterocycles. The molecule has 0 saturated carbocycles. The van der Waals surface area contributed by atoms with Crippen LogP contribution in [0.2, 0.25) is 0 Å². The molecule has 1 heterocycles. The molecule has 0 spiro atoms. The minimum absolute atomic E-state index is 0.0303. The van der Waals surface area contributed by atoms with Gasteiger partial charge in [0.1, 0.15) is 0 Å². The average Bonchev–Trinajstić information content (AvgIpc) is 2.43. The summed E-state index contributed by atoms with van der Waals surface area (Å²) in [5.41, 5.74) is 0.989. The Morgan fingerprint density at radius 2 is 2.22 bits per heavy atom. The van der Waals surface area contributed by atoms with Crippen molar-refractivity contribution in [1.29, 1.82) is 0 Å². The van der Waals surface area contributed by atoms with E-state index < -0.39 is 5.91 Å². The molecule has 0 saturated heterocycles. The minimum atomic E-state index is -0.443. The first kappa shape index (κ1) is 14.3. The molecule has 98 valence electrons. The number of hydrogen-bond donors (Lipinski definition) is 1. The summed E-state index contributed by atoms with van der Waals surface area (Å²) in [5, 5.41) is 3.12. The van der Waals surface area contributed by atoms with Crippen LogP contribution in [0.25, 0.3) is 0 Å². The third kappa shape index (κ3) is 3.63. The number of carbonyl (C=O) groups is 2. The van der Waals surface area contributed by atoms with E-state index in [1.807, 2.05) is 19.2 Å². The number of Topliss-reactive ketones (excluding diaryl/α,β-unsaturated/α-hetero) is 1. The lowest BCUT2D eigenvalue weighted by Gasteiger charge is -2.23. The second-order valence-electron chi connectivity index (χ2n) is 4.09. The number of nitrogens with zero attached hydrogens (tertiary/aromatic N) is 2. The molecule has 0 aromatic carbocycles. The van der Waals surface area contributed by atoms with Gasteiger partial charge in [-0.15, -0.1) is 0 Å². The Labute approximate surface area is 107 Å². The topological polar surface area (TPSA) is 62.3 Å². The van der Waals surface area contributed by atoms with Crippen molar-refractivity contribution < 1.29 is 9.59 Å². The lowest BCUT2D eigenvalue weighted by Crippen LogP contribution is -2.38. The molecule has 1 aromatic rings. The van der Waals surface area contributed by atoms with Crippen LogP contribution in [0.15, 0.2) is 24.5 Å². The molecule has 0 bridgehead atoms. The van der Waals surface area contributed by atoms with E-state index in [0.717, 1.165) is 5.56 Å². The van der Waals surface area contributed by atoms with Crippen LogP contribution in [0.5, 0.6) is 0 Å². The second-order valence-corrected chi connectivity index (χ2v) is 4.09. The molecule has 1 aromatic heterocycles. The molecule has 0 radical (unpaired) electrons. The van der Waals surface area contributed by atoms with Crippen LogP contribution < -0.4 is 5.32 Å². The molecule has 5 heteroatoms. The highest BCUT2D eigenvalue weighted by atomic mass is 16.2. The zero-order chi connectivity index (χ0) is 13.5. The van der Waals surface area contributed by atoms with Crippen LogP contribution in [-0.4, -0.2) is 42.2 Å². The Morgan fingerprint density at radius 3 is 2.72 bits per heavy atom. The van der Waals surface area contributed by atoms with Gasteiger partial charge in [-0.1, -0.05) is 13.0 Å². The Bertz CT molecular complexity index is 406. The largest absolute Gasteiger partial charge is 0.337 e. The van der Waals surface area contributed by atoms with Crippen molar-refractivity contribution in [3.05, 3.63) is 30.1 Å². The highest BCUT2D eigenvalue weighted by Gasteiger charge is 2.20. The number of amides is 1. The molecule has 5 nitrogen and oxygen atoms in total. The highest BCUT2D eigenvalue weighted by molar-refractivity contribution is 6.35. The lowest BCUT2D eigenvalue weighted by atomic mass is 10.1. The number of rotatable bonds is 6. The van der Waals surface area contributed by atoms with Crippen LogP contribution in [-0.2, 0) is 9.59 Å². The second kappa shape index (κ2) is 6.86. The van der Waals surface area contributed by atoms with Crippen molar-refractivity contribution in [2.75, 3.05) is 20.6 Å². The Balaban J connectivity index is 2.70. The van der Waals surface area contributed by atoms with Gasteiger partial charge in [0, 0.05) is 32.4 Å². The first-order valence-corrected chi connectivity index (χ1v) is 5.95. The highest BCUT2D eigenvalue weighted by Crippen LogP contribution is 2.12. The maximum absolute atomic E-state index is 11.7. The molecule has 0 aliphatic rings. The quantitative estimate of drug-likeness (QED) is 0.757. The van der Waals surface area contributed by atoms with E-state index in [2.05, 4.69) is 10.3 Å². The molecule has 18 heavy (non-hydrogen) atoms. The van der Waals surface area contributed by atoms with E-state index in [1.54, 1.807) is 26.4 Å². The Morgan fingerprint density at radius 1 is 1.50 bits per heavy atom. The normalized spacial score (nSPS) is 11.9. The van der Waals surface area contributed by atoms with Crippen molar-refractivity contribution in [2.24, 2.45) is 0 Å². The summed E-state index contributed by atoms with van der Waals surface area (Å²) in [6, 6.07) is 3.75. The molecule has 1 N–H and O–H groups in total. The Kier molecular flexibility index (Phi) is 5.45. The number of carbonyl (C=O) groups excluding carboxylic acids is 2. The summed E-state index contributed by atoms with van der Waals surface area (Å²) < 4.78 is 0. The van der Waals surface area contributed by atoms with Crippen molar-refractivity contribution in [2.45, 2.75) is 19.4 Å². The van der Waals surface area contributed by atoms with Gasteiger partial charge < -0.3 is 10.2 Å². The lowest BCUT2D eigenvalue weighted by molar-refractivity contribution is -0.143. The summed E-state index contributed by atoms with van der Waals surface area (Å²) >= 11 is 0. The fraction of sp³-hybridized carbons (Fsp3) is 0.462. The van der Waals surface area contributed by atoms with E-state index >= 15 is 0 Å². The van der Waals surface area contributed by atoms with Crippen LogP contribution in [0.3, 0.4) is 0 Å². The van der Waals surface area contributed by atoms with E-state index in [1.165, 1.54) is 4.90 Å². The zero-order valence-electron chi connectivity index (χ0n) is 11.0. The van der Waals surface area contributed by atoms with Crippen LogP contribution in [0.4, 0.5) is 0 Å². The van der Waals surface area contributed by atoms with Crippen molar-refractivity contribution in [3.8, 4) is 0 Å². The summed E-state index contributed by atoms with van der Waals surface area (Å²) in [4.78, 5) is 28.5. The van der Waals surface area contributed by atoms with E-state index in [0.29, 0.717) is 6.54 Å². The predicted molar refractivity (Wildman–Crippen MR) is 69.0 cm³/mol. The van der Waals surface area contributed by atoms with Crippen molar-refractivity contribution in [3.63, 3.8) is 0 Å². The number of aromatic nitrogens is 1.